The second-order valence-electron chi connectivity index (χ2n) is 9.65. The lowest BCUT2D eigenvalue weighted by Crippen LogP contribution is -2.57. The zero-order chi connectivity index (χ0) is 24.0. The summed E-state index contributed by atoms with van der Waals surface area (Å²) in [6.45, 7) is 10.2. The van der Waals surface area contributed by atoms with Gasteiger partial charge in [0.05, 0.1) is 7.11 Å². The molecule has 1 aliphatic heterocycles. The van der Waals surface area contributed by atoms with E-state index in [9.17, 15) is 9.59 Å². The third-order valence-electron chi connectivity index (χ3n) is 6.56. The molecule has 0 aromatic heterocycles. The minimum absolute atomic E-state index is 0.00297. The summed E-state index contributed by atoms with van der Waals surface area (Å²) >= 11 is 0. The molecule has 0 spiro atoms. The molecule has 0 saturated carbocycles. The third kappa shape index (κ3) is 6.57. The summed E-state index contributed by atoms with van der Waals surface area (Å²) in [5.74, 6) is 0.663. The highest BCUT2D eigenvalue weighted by Gasteiger charge is 2.35. The molecule has 33 heavy (non-hydrogen) atoms. The average molecular weight is 452 g/mol. The fourth-order valence-corrected chi connectivity index (χ4v) is 4.18. The van der Waals surface area contributed by atoms with E-state index in [1.807, 2.05) is 56.0 Å². The molecule has 2 aromatic rings. The summed E-state index contributed by atoms with van der Waals surface area (Å²) in [6, 6.07) is 15.0. The van der Waals surface area contributed by atoms with Crippen molar-refractivity contribution < 1.29 is 14.3 Å². The third-order valence-corrected chi connectivity index (χ3v) is 6.56. The van der Waals surface area contributed by atoms with Gasteiger partial charge in [-0.25, -0.2) is 0 Å². The smallest absolute Gasteiger partial charge is 0.251 e. The van der Waals surface area contributed by atoms with Crippen molar-refractivity contribution >= 4 is 11.8 Å². The van der Waals surface area contributed by atoms with Crippen molar-refractivity contribution in [1.29, 1.82) is 0 Å². The summed E-state index contributed by atoms with van der Waals surface area (Å²) in [4.78, 5) is 28.0. The Bertz CT molecular complexity index is 947. The number of benzene rings is 2. The van der Waals surface area contributed by atoms with E-state index in [1.54, 1.807) is 13.2 Å². The molecular weight excluding hydrogens is 414 g/mol. The van der Waals surface area contributed by atoms with Gasteiger partial charge in [-0.1, -0.05) is 43.7 Å². The molecule has 0 aliphatic carbocycles. The number of aryl methyl sites for hydroxylation is 1. The number of amides is 2. The second-order valence-corrected chi connectivity index (χ2v) is 9.65. The SMILES string of the molecule is COc1ccc(CNC2(C)CCN(C(=O)[C@H](NC(=O)c3cccc(C)c3)C(C)C)CC2)cc1. The highest BCUT2D eigenvalue weighted by atomic mass is 16.5. The number of hydrogen-bond acceptors (Lipinski definition) is 4. The van der Waals surface area contributed by atoms with Gasteiger partial charge in [-0.05, 0) is 62.4 Å². The molecule has 0 unspecified atom stereocenters. The van der Waals surface area contributed by atoms with Crippen LogP contribution in [0.5, 0.6) is 5.75 Å². The molecule has 1 fully saturated rings. The minimum atomic E-state index is -0.533. The number of piperidine rings is 1. The normalized spacial score (nSPS) is 16.4. The lowest BCUT2D eigenvalue weighted by molar-refractivity contribution is -0.136. The zero-order valence-corrected chi connectivity index (χ0v) is 20.5. The first-order chi connectivity index (χ1) is 15.7. The van der Waals surface area contributed by atoms with Crippen molar-refractivity contribution in [2.45, 2.75) is 58.7 Å². The first-order valence-corrected chi connectivity index (χ1v) is 11.7. The van der Waals surface area contributed by atoms with Crippen molar-refractivity contribution in [2.24, 2.45) is 5.92 Å². The predicted octanol–water partition coefficient (Wildman–Crippen LogP) is 3.93. The van der Waals surface area contributed by atoms with Crippen LogP contribution in [0.15, 0.2) is 48.5 Å². The number of rotatable bonds is 8. The van der Waals surface area contributed by atoms with Gasteiger partial charge in [0.15, 0.2) is 0 Å². The van der Waals surface area contributed by atoms with Crippen LogP contribution in [0.25, 0.3) is 0 Å². The number of carbonyl (C=O) groups is 2. The van der Waals surface area contributed by atoms with E-state index < -0.39 is 6.04 Å². The Morgan fingerprint density at radius 2 is 1.76 bits per heavy atom. The van der Waals surface area contributed by atoms with Crippen LogP contribution in [0, 0.1) is 12.8 Å². The lowest BCUT2D eigenvalue weighted by atomic mass is 9.88. The number of likely N-dealkylation sites (tertiary alicyclic amines) is 1. The number of hydrogen-bond donors (Lipinski definition) is 2. The van der Waals surface area contributed by atoms with Crippen LogP contribution in [-0.4, -0.2) is 48.5 Å². The molecule has 3 rings (SSSR count). The van der Waals surface area contributed by atoms with Crippen LogP contribution in [0.4, 0.5) is 0 Å². The molecule has 2 N–H and O–H groups in total. The largest absolute Gasteiger partial charge is 0.497 e. The van der Waals surface area contributed by atoms with Crippen molar-refractivity contribution in [3.05, 3.63) is 65.2 Å². The van der Waals surface area contributed by atoms with Gasteiger partial charge < -0.3 is 20.3 Å². The topological polar surface area (TPSA) is 70.7 Å². The van der Waals surface area contributed by atoms with E-state index in [-0.39, 0.29) is 23.3 Å². The maximum Gasteiger partial charge on any atom is 0.251 e. The Morgan fingerprint density at radius 3 is 2.33 bits per heavy atom. The van der Waals surface area contributed by atoms with E-state index in [2.05, 4.69) is 29.7 Å². The summed E-state index contributed by atoms with van der Waals surface area (Å²) < 4.78 is 5.22. The number of nitrogens with one attached hydrogen (secondary N) is 2. The van der Waals surface area contributed by atoms with Gasteiger partial charge in [-0.3, -0.25) is 9.59 Å². The first kappa shape index (κ1) is 24.8. The predicted molar refractivity (Wildman–Crippen MR) is 131 cm³/mol. The fourth-order valence-electron chi connectivity index (χ4n) is 4.18. The molecule has 6 nitrogen and oxygen atoms in total. The Morgan fingerprint density at radius 1 is 1.09 bits per heavy atom. The van der Waals surface area contributed by atoms with E-state index in [0.29, 0.717) is 18.7 Å². The van der Waals surface area contributed by atoms with Gasteiger partial charge in [0.1, 0.15) is 11.8 Å². The van der Waals surface area contributed by atoms with E-state index >= 15 is 0 Å². The highest BCUT2D eigenvalue weighted by molar-refractivity contribution is 5.97. The fraction of sp³-hybridized carbons (Fsp3) is 0.481. The van der Waals surface area contributed by atoms with Crippen molar-refractivity contribution in [3.63, 3.8) is 0 Å². The van der Waals surface area contributed by atoms with Gasteiger partial charge in [0, 0.05) is 30.7 Å². The molecule has 0 radical (unpaired) electrons. The Balaban J connectivity index is 1.55. The molecule has 1 heterocycles. The van der Waals surface area contributed by atoms with Crippen molar-refractivity contribution in [3.8, 4) is 5.75 Å². The van der Waals surface area contributed by atoms with Crippen LogP contribution in [-0.2, 0) is 11.3 Å². The van der Waals surface area contributed by atoms with E-state index in [1.165, 1.54) is 5.56 Å². The van der Waals surface area contributed by atoms with Gasteiger partial charge in [-0.2, -0.15) is 0 Å². The molecule has 1 saturated heterocycles. The standard InChI is InChI=1S/C27H37N3O3/c1-19(2)24(29-25(31)22-8-6-7-20(3)17-22)26(32)30-15-13-27(4,14-16-30)28-18-21-9-11-23(33-5)12-10-21/h6-12,17,19,24,28H,13-16,18H2,1-5H3,(H,29,31)/t24-/m1/s1. The lowest BCUT2D eigenvalue weighted by Gasteiger charge is -2.41. The van der Waals surface area contributed by atoms with Gasteiger partial charge in [0.25, 0.3) is 5.91 Å². The quantitative estimate of drug-likeness (QED) is 0.638. The Labute approximate surface area is 197 Å². The molecule has 178 valence electrons. The summed E-state index contributed by atoms with van der Waals surface area (Å²) in [5.41, 5.74) is 2.78. The van der Waals surface area contributed by atoms with Crippen molar-refractivity contribution in [2.75, 3.05) is 20.2 Å². The summed E-state index contributed by atoms with van der Waals surface area (Å²) in [6.07, 6.45) is 1.73. The molecule has 2 amide bonds. The second kappa shape index (κ2) is 10.8. The van der Waals surface area contributed by atoms with E-state index in [0.717, 1.165) is 30.7 Å². The molecule has 1 aliphatic rings. The van der Waals surface area contributed by atoms with Crippen LogP contribution in [0.3, 0.4) is 0 Å². The van der Waals surface area contributed by atoms with Crippen LogP contribution in [0.1, 0.15) is 55.1 Å². The zero-order valence-electron chi connectivity index (χ0n) is 20.5. The summed E-state index contributed by atoms with van der Waals surface area (Å²) in [7, 11) is 1.67. The minimum Gasteiger partial charge on any atom is -0.497 e. The van der Waals surface area contributed by atoms with Gasteiger partial charge in [-0.15, -0.1) is 0 Å². The monoisotopic (exact) mass is 451 g/mol. The first-order valence-electron chi connectivity index (χ1n) is 11.7. The molecule has 1 atom stereocenters. The average Bonchev–Trinajstić information content (AvgIpc) is 2.81. The van der Waals surface area contributed by atoms with Gasteiger partial charge >= 0.3 is 0 Å². The molecule has 0 bridgehead atoms. The number of methoxy groups -OCH3 is 1. The maximum atomic E-state index is 13.3. The highest BCUT2D eigenvalue weighted by Crippen LogP contribution is 2.24. The number of nitrogens with zero attached hydrogens (tertiary/aromatic N) is 1. The Kier molecular flexibility index (Phi) is 8.14. The molecular formula is C27H37N3O3. The molecule has 2 aromatic carbocycles. The van der Waals surface area contributed by atoms with Gasteiger partial charge in [0.2, 0.25) is 5.91 Å². The molecule has 6 heteroatoms. The number of ether oxygens (including phenoxy) is 1. The Hall–Kier alpha value is -2.86. The van der Waals surface area contributed by atoms with E-state index in [4.69, 9.17) is 4.74 Å². The van der Waals surface area contributed by atoms with Crippen LogP contribution < -0.4 is 15.4 Å². The van der Waals surface area contributed by atoms with Crippen LogP contribution >= 0.6 is 0 Å². The van der Waals surface area contributed by atoms with Crippen molar-refractivity contribution in [1.82, 2.24) is 15.5 Å². The maximum absolute atomic E-state index is 13.3. The van der Waals surface area contributed by atoms with Crippen LogP contribution in [0.2, 0.25) is 0 Å². The number of carbonyl (C=O) groups excluding carboxylic acids is 2. The summed E-state index contributed by atoms with van der Waals surface area (Å²) in [5, 5.41) is 6.65.